The Morgan fingerprint density at radius 2 is 1.60 bits per heavy atom. The van der Waals surface area contributed by atoms with Gasteiger partial charge in [0.2, 0.25) is 0 Å². The summed E-state index contributed by atoms with van der Waals surface area (Å²) < 4.78 is 1.91. The molecule has 5 rings (SSSR count). The Morgan fingerprint density at radius 3 is 2.31 bits per heavy atom. The maximum Gasteiger partial charge on any atom is 0.251 e. The molecular weight excluding hydrogens is 436 g/mol. The monoisotopic (exact) mass is 468 g/mol. The third-order valence-corrected chi connectivity index (χ3v) is 6.78. The minimum absolute atomic E-state index is 0.00808. The highest BCUT2D eigenvalue weighted by Gasteiger charge is 2.25. The highest BCUT2D eigenvalue weighted by atomic mass is 16.1. The smallest absolute Gasteiger partial charge is 0.251 e. The lowest BCUT2D eigenvalue weighted by atomic mass is 9.91. The van der Waals surface area contributed by atoms with E-state index in [1.165, 1.54) is 5.56 Å². The van der Waals surface area contributed by atoms with Gasteiger partial charge in [-0.25, -0.2) is 14.6 Å². The summed E-state index contributed by atoms with van der Waals surface area (Å²) in [6.45, 7) is 8.04. The molecule has 0 atom stereocenters. The molecule has 4 aromatic rings. The molecule has 35 heavy (non-hydrogen) atoms. The van der Waals surface area contributed by atoms with E-state index in [0.29, 0.717) is 11.9 Å². The fourth-order valence-corrected chi connectivity index (χ4v) is 4.88. The molecule has 0 saturated heterocycles. The number of fused-ring (bicyclic) bond motifs is 1. The van der Waals surface area contributed by atoms with Crippen LogP contribution >= 0.6 is 0 Å². The van der Waals surface area contributed by atoms with Gasteiger partial charge in [-0.15, -0.1) is 0 Å². The van der Waals surface area contributed by atoms with Gasteiger partial charge < -0.3 is 10.6 Å². The molecule has 0 unspecified atom stereocenters. The number of aryl methyl sites for hydroxylation is 4. The van der Waals surface area contributed by atoms with Gasteiger partial charge in [0.05, 0.1) is 16.8 Å². The van der Waals surface area contributed by atoms with E-state index >= 15 is 0 Å². The van der Waals surface area contributed by atoms with E-state index in [1.807, 2.05) is 55.8 Å². The van der Waals surface area contributed by atoms with Crippen LogP contribution in [0.25, 0.3) is 16.7 Å². The molecule has 7 nitrogen and oxygen atoms in total. The second-order valence-corrected chi connectivity index (χ2v) is 9.69. The molecule has 1 amide bonds. The highest BCUT2D eigenvalue weighted by Crippen LogP contribution is 2.29. The second-order valence-electron chi connectivity index (χ2n) is 9.69. The molecule has 2 heterocycles. The lowest BCUT2D eigenvalue weighted by Gasteiger charge is -2.30. The molecule has 0 aliphatic heterocycles. The van der Waals surface area contributed by atoms with Gasteiger partial charge >= 0.3 is 0 Å². The van der Waals surface area contributed by atoms with Crippen molar-refractivity contribution < 1.29 is 4.79 Å². The summed E-state index contributed by atoms with van der Waals surface area (Å²) in [5.74, 6) is 1.57. The van der Waals surface area contributed by atoms with E-state index in [2.05, 4.69) is 35.8 Å². The summed E-state index contributed by atoms with van der Waals surface area (Å²) in [6.07, 6.45) is 3.80. The SMILES string of the molecule is Cc1ccc(C(=O)NC2CCC(Nc3nc(C)nc4c3c(C)nn4-c3cccc(C)c3)CC2)cc1. The summed E-state index contributed by atoms with van der Waals surface area (Å²) in [7, 11) is 0. The van der Waals surface area contributed by atoms with Gasteiger partial charge in [0.25, 0.3) is 5.91 Å². The first-order chi connectivity index (χ1) is 16.9. The predicted octanol–water partition coefficient (Wildman–Crippen LogP) is 5.20. The topological polar surface area (TPSA) is 84.7 Å². The number of aromatic nitrogens is 4. The number of anilines is 1. The summed E-state index contributed by atoms with van der Waals surface area (Å²) in [6, 6.07) is 16.5. The predicted molar refractivity (Wildman–Crippen MR) is 139 cm³/mol. The Kier molecular flexibility index (Phi) is 6.24. The van der Waals surface area contributed by atoms with Crippen LogP contribution in [0.2, 0.25) is 0 Å². The zero-order valence-electron chi connectivity index (χ0n) is 20.8. The van der Waals surface area contributed by atoms with Gasteiger partial charge in [-0.2, -0.15) is 5.10 Å². The number of hydrogen-bond donors (Lipinski definition) is 2. The van der Waals surface area contributed by atoms with E-state index in [0.717, 1.165) is 65.0 Å². The number of rotatable bonds is 5. The molecule has 1 aliphatic carbocycles. The number of nitrogens with one attached hydrogen (secondary N) is 2. The molecule has 2 aromatic heterocycles. The van der Waals surface area contributed by atoms with E-state index in [-0.39, 0.29) is 11.9 Å². The van der Waals surface area contributed by atoms with Gasteiger partial charge in [-0.1, -0.05) is 29.8 Å². The van der Waals surface area contributed by atoms with E-state index in [1.54, 1.807) is 0 Å². The fraction of sp³-hybridized carbons (Fsp3) is 0.357. The van der Waals surface area contributed by atoms with Crippen LogP contribution in [0, 0.1) is 27.7 Å². The molecule has 180 valence electrons. The molecular formula is C28H32N6O. The zero-order chi connectivity index (χ0) is 24.5. The molecule has 1 saturated carbocycles. The number of hydrogen-bond acceptors (Lipinski definition) is 5. The van der Waals surface area contributed by atoms with E-state index in [9.17, 15) is 4.79 Å². The molecule has 0 radical (unpaired) electrons. The van der Waals surface area contributed by atoms with Gasteiger partial charge in [-0.3, -0.25) is 4.79 Å². The van der Waals surface area contributed by atoms with Crippen LogP contribution in [0.3, 0.4) is 0 Å². The molecule has 2 aromatic carbocycles. The van der Waals surface area contributed by atoms with Crippen molar-refractivity contribution in [2.75, 3.05) is 5.32 Å². The fourth-order valence-electron chi connectivity index (χ4n) is 4.88. The van der Waals surface area contributed by atoms with Crippen molar-refractivity contribution in [1.29, 1.82) is 0 Å². The van der Waals surface area contributed by atoms with Crippen LogP contribution in [0.4, 0.5) is 5.82 Å². The molecule has 0 spiro atoms. The van der Waals surface area contributed by atoms with Gasteiger partial charge in [0.1, 0.15) is 11.6 Å². The number of nitrogens with zero attached hydrogens (tertiary/aromatic N) is 4. The molecule has 1 aliphatic rings. The maximum absolute atomic E-state index is 12.6. The third kappa shape index (κ3) is 4.90. The van der Waals surface area contributed by atoms with Crippen molar-refractivity contribution in [2.24, 2.45) is 0 Å². The third-order valence-electron chi connectivity index (χ3n) is 6.78. The zero-order valence-corrected chi connectivity index (χ0v) is 20.8. The normalized spacial score (nSPS) is 17.9. The van der Waals surface area contributed by atoms with Crippen molar-refractivity contribution in [1.82, 2.24) is 25.1 Å². The van der Waals surface area contributed by atoms with Crippen LogP contribution in [-0.2, 0) is 0 Å². The van der Waals surface area contributed by atoms with Crippen LogP contribution < -0.4 is 10.6 Å². The molecule has 2 N–H and O–H groups in total. The first-order valence-corrected chi connectivity index (χ1v) is 12.3. The molecule has 0 bridgehead atoms. The van der Waals surface area contributed by atoms with Crippen LogP contribution in [0.15, 0.2) is 48.5 Å². The van der Waals surface area contributed by atoms with Crippen molar-refractivity contribution in [3.05, 3.63) is 76.7 Å². The average molecular weight is 469 g/mol. The van der Waals surface area contributed by atoms with E-state index in [4.69, 9.17) is 15.1 Å². The minimum atomic E-state index is 0.00808. The van der Waals surface area contributed by atoms with Crippen LogP contribution in [-0.4, -0.2) is 37.7 Å². The van der Waals surface area contributed by atoms with Gasteiger partial charge in [0.15, 0.2) is 5.65 Å². The summed E-state index contributed by atoms with van der Waals surface area (Å²) in [5.41, 5.74) is 5.78. The number of benzene rings is 2. The number of carbonyl (C=O) groups is 1. The van der Waals surface area contributed by atoms with Crippen molar-refractivity contribution >= 4 is 22.8 Å². The second kappa shape index (κ2) is 9.49. The Labute approximate surface area is 206 Å². The van der Waals surface area contributed by atoms with Crippen LogP contribution in [0.1, 0.15) is 58.7 Å². The Hall–Kier alpha value is -3.74. The summed E-state index contributed by atoms with van der Waals surface area (Å²) >= 11 is 0. The van der Waals surface area contributed by atoms with Crippen molar-refractivity contribution in [3.8, 4) is 5.69 Å². The van der Waals surface area contributed by atoms with Crippen LogP contribution in [0.5, 0.6) is 0 Å². The standard InChI is InChI=1S/C28H32N6O/c1-17-8-10-21(11-9-17)28(35)32-23-14-12-22(13-15-23)31-26-25-19(3)33-34(27(25)30-20(4)29-26)24-7-5-6-18(2)16-24/h5-11,16,22-23H,12-15H2,1-4H3,(H,32,35)(H,29,30,31). The van der Waals surface area contributed by atoms with Crippen molar-refractivity contribution in [3.63, 3.8) is 0 Å². The quantitative estimate of drug-likeness (QED) is 0.420. The first kappa shape index (κ1) is 23.0. The van der Waals surface area contributed by atoms with E-state index < -0.39 is 0 Å². The Bertz CT molecular complexity index is 1370. The Morgan fingerprint density at radius 1 is 0.886 bits per heavy atom. The maximum atomic E-state index is 12.6. The lowest BCUT2D eigenvalue weighted by molar-refractivity contribution is 0.0926. The van der Waals surface area contributed by atoms with Gasteiger partial charge in [-0.05, 0) is 83.2 Å². The number of amides is 1. The largest absolute Gasteiger partial charge is 0.367 e. The van der Waals surface area contributed by atoms with Gasteiger partial charge in [0, 0.05) is 17.6 Å². The van der Waals surface area contributed by atoms with Crippen molar-refractivity contribution in [2.45, 2.75) is 65.5 Å². The average Bonchev–Trinajstić information content (AvgIpc) is 3.17. The first-order valence-electron chi connectivity index (χ1n) is 12.3. The number of carbonyl (C=O) groups excluding carboxylic acids is 1. The highest BCUT2D eigenvalue weighted by molar-refractivity contribution is 5.94. The molecule has 1 fully saturated rings. The minimum Gasteiger partial charge on any atom is -0.367 e. The summed E-state index contributed by atoms with van der Waals surface area (Å²) in [5, 5.41) is 12.6. The summed E-state index contributed by atoms with van der Waals surface area (Å²) in [4.78, 5) is 22.1. The lowest BCUT2D eigenvalue weighted by Crippen LogP contribution is -2.40. The Balaban J connectivity index is 1.30. The molecule has 7 heteroatoms.